The number of nitrogens with zero attached hydrogens (tertiary/aromatic N) is 2. The summed E-state index contributed by atoms with van der Waals surface area (Å²) in [7, 11) is 4.32. The van der Waals surface area contributed by atoms with Crippen LogP contribution < -0.4 is 20.5 Å². The van der Waals surface area contributed by atoms with E-state index in [-0.39, 0.29) is 18.1 Å². The maximum Gasteiger partial charge on any atom is 0.358 e. The smallest absolute Gasteiger partial charge is 0.358 e. The molecule has 0 aliphatic carbocycles. The van der Waals surface area contributed by atoms with E-state index in [1.54, 1.807) is 18.2 Å². The molecular weight excluding hydrogens is 511 g/mol. The Hall–Kier alpha value is -3.44. The van der Waals surface area contributed by atoms with Gasteiger partial charge >= 0.3 is 11.9 Å². The summed E-state index contributed by atoms with van der Waals surface area (Å²) in [6, 6.07) is 10.0. The van der Waals surface area contributed by atoms with Crippen LogP contribution >= 0.6 is 23.2 Å². The average molecular weight is 537 g/mol. The highest BCUT2D eigenvalue weighted by atomic mass is 35.5. The van der Waals surface area contributed by atoms with E-state index in [2.05, 4.69) is 20.0 Å². The van der Waals surface area contributed by atoms with Gasteiger partial charge in [-0.1, -0.05) is 35.3 Å². The van der Waals surface area contributed by atoms with Crippen molar-refractivity contribution in [2.45, 2.75) is 13.1 Å². The van der Waals surface area contributed by atoms with Gasteiger partial charge in [0, 0.05) is 43.2 Å². The van der Waals surface area contributed by atoms with Crippen LogP contribution in [0, 0.1) is 0 Å². The third-order valence-electron chi connectivity index (χ3n) is 4.61. The molecule has 0 saturated heterocycles. The van der Waals surface area contributed by atoms with Gasteiger partial charge in [0.25, 0.3) is 0 Å². The number of pyridine rings is 2. The molecule has 192 valence electrons. The zero-order valence-corrected chi connectivity index (χ0v) is 21.4. The summed E-state index contributed by atoms with van der Waals surface area (Å²) in [4.78, 5) is 30.8. The van der Waals surface area contributed by atoms with Crippen molar-refractivity contribution >= 4 is 35.1 Å². The molecule has 3 rings (SSSR count). The topological polar surface area (TPSA) is 135 Å². The first-order chi connectivity index (χ1) is 17.3. The van der Waals surface area contributed by atoms with E-state index >= 15 is 0 Å². The fourth-order valence-corrected chi connectivity index (χ4v) is 3.12. The van der Waals surface area contributed by atoms with Crippen molar-refractivity contribution < 1.29 is 28.5 Å². The number of nitrogens with one attached hydrogen (secondary N) is 1. The largest absolute Gasteiger partial charge is 0.497 e. The van der Waals surface area contributed by atoms with Crippen molar-refractivity contribution in [3.05, 3.63) is 81.4 Å². The molecule has 3 N–H and O–H groups in total. The van der Waals surface area contributed by atoms with Crippen molar-refractivity contribution in [2.24, 2.45) is 5.73 Å². The minimum absolute atomic E-state index is 0.0283. The van der Waals surface area contributed by atoms with Crippen molar-refractivity contribution in [3.63, 3.8) is 0 Å². The van der Waals surface area contributed by atoms with Crippen LogP contribution in [0.4, 0.5) is 0 Å². The van der Waals surface area contributed by atoms with Crippen LogP contribution in [0.25, 0.3) is 0 Å². The fraction of sp³-hybridized carbons (Fsp3) is 0.250. The van der Waals surface area contributed by atoms with Crippen LogP contribution in [0.3, 0.4) is 0 Å². The molecular formula is C24H26Cl2N4O6. The van der Waals surface area contributed by atoms with E-state index in [4.69, 9.17) is 43.1 Å². The second-order valence-electron chi connectivity index (χ2n) is 6.87. The van der Waals surface area contributed by atoms with E-state index in [0.29, 0.717) is 34.6 Å². The number of carbonyl (C=O) groups excluding carboxylic acids is 2. The Kier molecular flexibility index (Phi) is 11.9. The molecule has 10 nitrogen and oxygen atoms in total. The molecule has 0 fully saturated rings. The third kappa shape index (κ3) is 8.35. The highest BCUT2D eigenvalue weighted by Crippen LogP contribution is 2.25. The molecule has 2 heterocycles. The highest BCUT2D eigenvalue weighted by molar-refractivity contribution is 6.42. The zero-order chi connectivity index (χ0) is 26.5. The molecule has 0 radical (unpaired) electrons. The first kappa shape index (κ1) is 28.8. The van der Waals surface area contributed by atoms with Gasteiger partial charge < -0.3 is 24.7 Å². The van der Waals surface area contributed by atoms with Gasteiger partial charge in [-0.05, 0) is 17.7 Å². The van der Waals surface area contributed by atoms with Crippen molar-refractivity contribution in [2.75, 3.05) is 28.1 Å². The Morgan fingerprint density at radius 1 is 0.972 bits per heavy atom. The second kappa shape index (κ2) is 14.8. The maximum atomic E-state index is 11.8. The number of methoxy groups -OCH3 is 3. The lowest BCUT2D eigenvalue weighted by atomic mass is 10.2. The van der Waals surface area contributed by atoms with E-state index in [0.717, 1.165) is 11.1 Å². The Morgan fingerprint density at radius 3 is 2.39 bits per heavy atom. The average Bonchev–Trinajstić information content (AvgIpc) is 2.92. The quantitative estimate of drug-likeness (QED) is 0.237. The first-order valence-electron chi connectivity index (χ1n) is 10.5. The molecule has 2 aromatic heterocycles. The SMILES string of the molecule is COC(=O)c1cc(OC)c(CN)cn1.COc1ccnc(C(=O)OCNCc2cccc(Cl)c2Cl)c1. The van der Waals surface area contributed by atoms with Crippen LogP contribution in [-0.4, -0.2) is 50.0 Å². The van der Waals surface area contributed by atoms with Gasteiger partial charge in [-0.3, -0.25) is 5.32 Å². The van der Waals surface area contributed by atoms with Crippen LogP contribution in [0.5, 0.6) is 11.5 Å². The minimum Gasteiger partial charge on any atom is -0.497 e. The number of ether oxygens (including phenoxy) is 4. The van der Waals surface area contributed by atoms with E-state index < -0.39 is 11.9 Å². The molecule has 12 heteroatoms. The van der Waals surface area contributed by atoms with Crippen LogP contribution in [0.1, 0.15) is 32.1 Å². The lowest BCUT2D eigenvalue weighted by Crippen LogP contribution is -2.21. The molecule has 0 amide bonds. The van der Waals surface area contributed by atoms with E-state index in [1.165, 1.54) is 45.9 Å². The van der Waals surface area contributed by atoms with Gasteiger partial charge in [0.15, 0.2) is 11.4 Å². The lowest BCUT2D eigenvalue weighted by molar-refractivity contribution is 0.0462. The molecule has 36 heavy (non-hydrogen) atoms. The zero-order valence-electron chi connectivity index (χ0n) is 19.9. The van der Waals surface area contributed by atoms with Crippen LogP contribution in [-0.2, 0) is 22.6 Å². The van der Waals surface area contributed by atoms with Crippen molar-refractivity contribution in [3.8, 4) is 11.5 Å². The molecule has 0 saturated carbocycles. The molecule has 1 aromatic carbocycles. The monoisotopic (exact) mass is 536 g/mol. The maximum absolute atomic E-state index is 11.8. The summed E-state index contributed by atoms with van der Waals surface area (Å²) in [6.45, 7) is 0.774. The standard InChI is InChI=1S/C15H14Cl2N2O3.C9H12N2O3/c1-21-11-5-6-19-13(7-11)15(20)22-9-18-8-10-3-2-4-12(16)14(10)17;1-13-8-3-7(9(12)14-2)11-5-6(8)4-10/h2-7,18H,8-9H2,1H3;3,5H,4,10H2,1-2H3. The third-order valence-corrected chi connectivity index (χ3v) is 5.46. The number of nitrogens with two attached hydrogens (primary N) is 1. The predicted octanol–water partition coefficient (Wildman–Crippen LogP) is 3.64. The van der Waals surface area contributed by atoms with Gasteiger partial charge in [0.2, 0.25) is 0 Å². The lowest BCUT2D eigenvalue weighted by Gasteiger charge is -2.09. The summed E-state index contributed by atoms with van der Waals surface area (Å²) in [5.41, 5.74) is 7.41. The van der Waals surface area contributed by atoms with Crippen LogP contribution in [0.15, 0.2) is 48.8 Å². The second-order valence-corrected chi connectivity index (χ2v) is 7.66. The molecule has 0 spiro atoms. The number of carbonyl (C=O) groups is 2. The van der Waals surface area contributed by atoms with Gasteiger partial charge in [-0.25, -0.2) is 19.6 Å². The number of aromatic nitrogens is 2. The van der Waals surface area contributed by atoms with Crippen molar-refractivity contribution in [1.29, 1.82) is 0 Å². The summed E-state index contributed by atoms with van der Waals surface area (Å²) in [5.74, 6) is 0.0546. The highest BCUT2D eigenvalue weighted by Gasteiger charge is 2.11. The number of hydrogen-bond acceptors (Lipinski definition) is 10. The Balaban J connectivity index is 0.000000281. The summed E-state index contributed by atoms with van der Waals surface area (Å²) < 4.78 is 19.7. The number of benzene rings is 1. The normalized spacial score (nSPS) is 10.1. The fourth-order valence-electron chi connectivity index (χ4n) is 2.74. The first-order valence-corrected chi connectivity index (χ1v) is 11.2. The number of hydrogen-bond donors (Lipinski definition) is 2. The molecule has 0 bridgehead atoms. The van der Waals surface area contributed by atoms with Gasteiger partial charge in [-0.15, -0.1) is 0 Å². The molecule has 0 aliphatic rings. The number of esters is 2. The molecule has 0 unspecified atom stereocenters. The minimum atomic E-state index is -0.538. The summed E-state index contributed by atoms with van der Waals surface area (Å²) in [5, 5.41) is 3.92. The Bertz CT molecular complexity index is 1180. The van der Waals surface area contributed by atoms with Crippen LogP contribution in [0.2, 0.25) is 10.0 Å². The Labute approximate surface area is 218 Å². The van der Waals surface area contributed by atoms with E-state index in [1.807, 2.05) is 6.07 Å². The molecule has 3 aromatic rings. The summed E-state index contributed by atoms with van der Waals surface area (Å²) in [6.07, 6.45) is 2.99. The van der Waals surface area contributed by atoms with Gasteiger partial charge in [0.05, 0.1) is 31.4 Å². The molecule has 0 atom stereocenters. The summed E-state index contributed by atoms with van der Waals surface area (Å²) >= 11 is 12.0. The van der Waals surface area contributed by atoms with Gasteiger partial charge in [0.1, 0.15) is 18.2 Å². The number of halogens is 2. The van der Waals surface area contributed by atoms with E-state index in [9.17, 15) is 9.59 Å². The van der Waals surface area contributed by atoms with Gasteiger partial charge in [-0.2, -0.15) is 0 Å². The molecule has 0 aliphatic heterocycles. The predicted molar refractivity (Wildman–Crippen MR) is 134 cm³/mol. The number of rotatable bonds is 9. The Morgan fingerprint density at radius 2 is 1.72 bits per heavy atom. The van der Waals surface area contributed by atoms with Crippen molar-refractivity contribution in [1.82, 2.24) is 15.3 Å².